The molecule has 184 valence electrons. The number of nitrogens with zero attached hydrogens (tertiary/aromatic N) is 7. The highest BCUT2D eigenvalue weighted by Gasteiger charge is 2.46. The molecule has 0 unspecified atom stereocenters. The van der Waals surface area contributed by atoms with Gasteiger partial charge in [0.1, 0.15) is 16.7 Å². The van der Waals surface area contributed by atoms with Crippen LogP contribution in [0, 0.1) is 5.41 Å². The monoisotopic (exact) mass is 521 g/mol. The second-order valence-corrected chi connectivity index (χ2v) is 10.6. The molecule has 1 saturated heterocycles. The molecule has 3 aromatic heterocycles. The van der Waals surface area contributed by atoms with Crippen molar-refractivity contribution < 1.29 is 0 Å². The molecule has 13 heteroatoms. The molecule has 4 heterocycles. The summed E-state index contributed by atoms with van der Waals surface area (Å²) in [5.41, 5.74) is 22.4. The molecule has 0 bridgehead atoms. The molecule has 7 N–H and O–H groups in total. The zero-order chi connectivity index (χ0) is 24.9. The number of benzene rings is 1. The van der Waals surface area contributed by atoms with Crippen LogP contribution in [0.1, 0.15) is 30.0 Å². The maximum atomic E-state index is 6.85. The smallest absolute Gasteiger partial charge is 0.179 e. The zero-order valence-corrected chi connectivity index (χ0v) is 20.8. The van der Waals surface area contributed by atoms with Gasteiger partial charge in [0.2, 0.25) is 0 Å². The summed E-state index contributed by atoms with van der Waals surface area (Å²) < 4.78 is 0. The third kappa shape index (κ3) is 3.91. The number of pyridine rings is 1. The SMILES string of the molecule is Nc1nc(N2CCC3(CC2)Cc2ccc(-c4nnn[nH]4)cc2[C@H]3N)cnc1Sc1ccnc(N)c1Cl. The van der Waals surface area contributed by atoms with Crippen LogP contribution in [0.4, 0.5) is 17.5 Å². The number of hydrogen-bond acceptors (Lipinski definition) is 11. The summed E-state index contributed by atoms with van der Waals surface area (Å²) in [5, 5.41) is 15.2. The second kappa shape index (κ2) is 8.87. The summed E-state index contributed by atoms with van der Waals surface area (Å²) in [6.07, 6.45) is 6.23. The van der Waals surface area contributed by atoms with Crippen LogP contribution in [-0.2, 0) is 6.42 Å². The Morgan fingerprint density at radius 2 is 1.94 bits per heavy atom. The van der Waals surface area contributed by atoms with Crippen molar-refractivity contribution in [1.29, 1.82) is 0 Å². The molecule has 0 radical (unpaired) electrons. The van der Waals surface area contributed by atoms with Crippen molar-refractivity contribution in [3.8, 4) is 11.4 Å². The molecule has 1 aromatic carbocycles. The molecule has 1 atom stereocenters. The van der Waals surface area contributed by atoms with Crippen molar-refractivity contribution in [3.05, 3.63) is 52.8 Å². The van der Waals surface area contributed by atoms with E-state index in [0.29, 0.717) is 21.7 Å². The van der Waals surface area contributed by atoms with Crippen LogP contribution in [0.5, 0.6) is 0 Å². The lowest BCUT2D eigenvalue weighted by Gasteiger charge is -2.42. The fourth-order valence-electron chi connectivity index (χ4n) is 5.20. The van der Waals surface area contributed by atoms with Crippen LogP contribution in [0.25, 0.3) is 11.4 Å². The summed E-state index contributed by atoms with van der Waals surface area (Å²) in [6.45, 7) is 1.65. The summed E-state index contributed by atoms with van der Waals surface area (Å²) >= 11 is 7.58. The topological polar surface area (TPSA) is 174 Å². The van der Waals surface area contributed by atoms with Crippen molar-refractivity contribution >= 4 is 40.8 Å². The Kier molecular flexibility index (Phi) is 5.66. The Hall–Kier alpha value is -3.48. The van der Waals surface area contributed by atoms with Gasteiger partial charge in [0, 0.05) is 35.8 Å². The first kappa shape index (κ1) is 23.0. The third-order valence-electron chi connectivity index (χ3n) is 7.22. The first-order valence-corrected chi connectivity index (χ1v) is 12.7. The Bertz CT molecular complexity index is 1420. The van der Waals surface area contributed by atoms with E-state index in [-0.39, 0.29) is 17.3 Å². The number of nitrogens with two attached hydrogens (primary N) is 3. The highest BCUT2D eigenvalue weighted by atomic mass is 35.5. The number of piperidine rings is 1. The normalized spacial score (nSPS) is 18.5. The van der Waals surface area contributed by atoms with Gasteiger partial charge in [-0.15, -0.1) is 5.10 Å². The number of aromatic nitrogens is 7. The number of nitrogen functional groups attached to an aromatic ring is 2. The molecule has 1 fully saturated rings. The summed E-state index contributed by atoms with van der Waals surface area (Å²) in [4.78, 5) is 16.1. The summed E-state index contributed by atoms with van der Waals surface area (Å²) in [6, 6.07) is 8.05. The summed E-state index contributed by atoms with van der Waals surface area (Å²) in [7, 11) is 0. The minimum Gasteiger partial charge on any atom is -0.382 e. The molecule has 6 rings (SSSR count). The van der Waals surface area contributed by atoms with Crippen LogP contribution in [0.2, 0.25) is 5.02 Å². The lowest BCUT2D eigenvalue weighted by Crippen LogP contribution is -2.44. The highest BCUT2D eigenvalue weighted by molar-refractivity contribution is 7.99. The quantitative estimate of drug-likeness (QED) is 0.310. The average molecular weight is 522 g/mol. The van der Waals surface area contributed by atoms with Crippen LogP contribution in [0.3, 0.4) is 0 Å². The maximum absolute atomic E-state index is 6.85. The van der Waals surface area contributed by atoms with Gasteiger partial charge in [0.15, 0.2) is 11.6 Å². The summed E-state index contributed by atoms with van der Waals surface area (Å²) in [5.74, 6) is 2.03. The van der Waals surface area contributed by atoms with E-state index in [2.05, 4.69) is 52.6 Å². The zero-order valence-electron chi connectivity index (χ0n) is 19.2. The second-order valence-electron chi connectivity index (χ2n) is 9.20. The van der Waals surface area contributed by atoms with Crippen molar-refractivity contribution in [1.82, 2.24) is 35.6 Å². The van der Waals surface area contributed by atoms with Crippen molar-refractivity contribution in [2.75, 3.05) is 29.5 Å². The number of fused-ring (bicyclic) bond motifs is 1. The standard InChI is InChI=1S/C23H24ClN11S/c24-17-15(3-6-28-19(17)26)36-22-20(27)30-16(11-29-22)35-7-4-23(5-8-35)10-13-2-1-12(9-14(13)18(23)25)21-31-33-34-32-21/h1-3,6,9,11,18H,4-5,7-8,10,25H2,(H2,26,28)(H2,27,30)(H,31,32,33,34)/t18-/m1/s1. The van der Waals surface area contributed by atoms with E-state index in [4.69, 9.17) is 28.8 Å². The van der Waals surface area contributed by atoms with Crippen molar-refractivity contribution in [2.24, 2.45) is 11.1 Å². The van der Waals surface area contributed by atoms with Gasteiger partial charge < -0.3 is 22.1 Å². The van der Waals surface area contributed by atoms with Crippen molar-refractivity contribution in [2.45, 2.75) is 35.2 Å². The van der Waals surface area contributed by atoms with Crippen LogP contribution < -0.4 is 22.1 Å². The van der Waals surface area contributed by atoms with Gasteiger partial charge in [-0.1, -0.05) is 35.5 Å². The molecule has 1 aliphatic carbocycles. The van der Waals surface area contributed by atoms with Gasteiger partial charge in [-0.2, -0.15) is 0 Å². The van der Waals surface area contributed by atoms with Gasteiger partial charge in [-0.3, -0.25) is 0 Å². The Labute approximate surface area is 216 Å². The molecular weight excluding hydrogens is 498 g/mol. The third-order valence-corrected chi connectivity index (χ3v) is 8.80. The molecule has 0 saturated carbocycles. The van der Waals surface area contributed by atoms with Gasteiger partial charge >= 0.3 is 0 Å². The molecule has 1 aliphatic heterocycles. The van der Waals surface area contributed by atoms with Gasteiger partial charge in [0.05, 0.1) is 11.2 Å². The van der Waals surface area contributed by atoms with Crippen LogP contribution >= 0.6 is 23.4 Å². The van der Waals surface area contributed by atoms with E-state index >= 15 is 0 Å². The maximum Gasteiger partial charge on any atom is 0.179 e. The number of H-pyrrole nitrogens is 1. The van der Waals surface area contributed by atoms with Gasteiger partial charge in [-0.05, 0) is 58.4 Å². The van der Waals surface area contributed by atoms with E-state index in [1.165, 1.54) is 22.9 Å². The van der Waals surface area contributed by atoms with E-state index in [0.717, 1.165) is 48.6 Å². The highest BCUT2D eigenvalue weighted by Crippen LogP contribution is 2.51. The number of halogens is 1. The molecular formula is C23H24ClN11S. The lowest BCUT2D eigenvalue weighted by molar-refractivity contribution is 0.187. The largest absolute Gasteiger partial charge is 0.382 e. The number of tetrazole rings is 1. The Morgan fingerprint density at radius 1 is 1.11 bits per heavy atom. The van der Waals surface area contributed by atoms with Crippen molar-refractivity contribution in [3.63, 3.8) is 0 Å². The Balaban J connectivity index is 1.16. The fourth-order valence-corrected chi connectivity index (χ4v) is 6.21. The number of aromatic amines is 1. The molecule has 36 heavy (non-hydrogen) atoms. The Morgan fingerprint density at radius 3 is 2.69 bits per heavy atom. The molecule has 11 nitrogen and oxygen atoms in total. The minimum absolute atomic E-state index is 0.0178. The fraction of sp³-hybridized carbons (Fsp3) is 0.304. The molecule has 0 amide bonds. The predicted molar refractivity (Wildman–Crippen MR) is 138 cm³/mol. The number of hydrogen-bond donors (Lipinski definition) is 4. The number of rotatable bonds is 4. The molecule has 2 aliphatic rings. The average Bonchev–Trinajstić information content (AvgIpc) is 3.51. The van der Waals surface area contributed by atoms with Gasteiger partial charge in [-0.25, -0.2) is 20.1 Å². The lowest BCUT2D eigenvalue weighted by atomic mass is 9.73. The molecule has 4 aromatic rings. The number of nitrogens with one attached hydrogen (secondary N) is 1. The van der Waals surface area contributed by atoms with E-state index in [9.17, 15) is 0 Å². The van der Waals surface area contributed by atoms with Crippen LogP contribution in [0.15, 0.2) is 46.6 Å². The first-order chi connectivity index (χ1) is 17.4. The molecule has 1 spiro atoms. The van der Waals surface area contributed by atoms with E-state index in [1.54, 1.807) is 18.5 Å². The van der Waals surface area contributed by atoms with E-state index < -0.39 is 0 Å². The number of anilines is 3. The first-order valence-electron chi connectivity index (χ1n) is 11.5. The minimum atomic E-state index is -0.0436. The van der Waals surface area contributed by atoms with E-state index in [1.807, 2.05) is 6.07 Å². The van der Waals surface area contributed by atoms with Gasteiger partial charge in [0.25, 0.3) is 0 Å². The van der Waals surface area contributed by atoms with Crippen LogP contribution in [-0.4, -0.2) is 48.7 Å². The predicted octanol–water partition coefficient (Wildman–Crippen LogP) is 2.86.